The standard InChI is InChI=1S/C21H22F3NO2/c1-2-3-6-11-25-18-8-5-4-7-16(18)20(14-27-25)13-26-19-10-9-15(12-17(19)20)21(22,23)24/h4-5,7-10,12H,2-3,6,11,13-14H2,1H3. The first-order valence-electron chi connectivity index (χ1n) is 9.30. The maximum atomic E-state index is 13.3. The summed E-state index contributed by atoms with van der Waals surface area (Å²) in [7, 11) is 0. The van der Waals surface area contributed by atoms with Gasteiger partial charge in [0, 0.05) is 12.1 Å². The molecule has 0 fully saturated rings. The Morgan fingerprint density at radius 1 is 1.04 bits per heavy atom. The molecule has 2 aliphatic heterocycles. The summed E-state index contributed by atoms with van der Waals surface area (Å²) in [6, 6.07) is 11.5. The van der Waals surface area contributed by atoms with Gasteiger partial charge >= 0.3 is 6.18 Å². The van der Waals surface area contributed by atoms with Crippen LogP contribution in [0.15, 0.2) is 42.5 Å². The number of ether oxygens (including phenoxy) is 1. The third-order valence-electron chi connectivity index (χ3n) is 5.42. The molecule has 4 rings (SSSR count). The Bertz CT molecular complexity index is 836. The van der Waals surface area contributed by atoms with Gasteiger partial charge in [-0.15, -0.1) is 0 Å². The third-order valence-corrected chi connectivity index (χ3v) is 5.42. The molecule has 1 spiro atoms. The number of benzene rings is 2. The van der Waals surface area contributed by atoms with Gasteiger partial charge < -0.3 is 4.74 Å². The molecule has 0 saturated heterocycles. The second-order valence-electron chi connectivity index (χ2n) is 7.18. The molecule has 2 aliphatic rings. The molecule has 0 saturated carbocycles. The number of nitrogens with zero attached hydrogens (tertiary/aromatic N) is 1. The van der Waals surface area contributed by atoms with Crippen molar-refractivity contribution >= 4 is 5.69 Å². The van der Waals surface area contributed by atoms with Gasteiger partial charge in [0.1, 0.15) is 12.4 Å². The molecule has 1 unspecified atom stereocenters. The fourth-order valence-electron chi connectivity index (χ4n) is 3.95. The van der Waals surface area contributed by atoms with Crippen molar-refractivity contribution < 1.29 is 22.7 Å². The molecule has 144 valence electrons. The molecule has 2 aromatic rings. The lowest BCUT2D eigenvalue weighted by molar-refractivity contribution is -0.137. The van der Waals surface area contributed by atoms with E-state index in [2.05, 4.69) is 6.92 Å². The maximum absolute atomic E-state index is 13.3. The third kappa shape index (κ3) is 3.06. The van der Waals surface area contributed by atoms with E-state index in [1.54, 1.807) is 0 Å². The minimum absolute atomic E-state index is 0.268. The van der Waals surface area contributed by atoms with Crippen molar-refractivity contribution in [1.82, 2.24) is 0 Å². The molecule has 0 bridgehead atoms. The van der Waals surface area contributed by atoms with Crippen molar-refractivity contribution in [2.75, 3.05) is 24.8 Å². The average Bonchev–Trinajstić information content (AvgIpc) is 3.02. The van der Waals surface area contributed by atoms with Crippen molar-refractivity contribution in [1.29, 1.82) is 0 Å². The second-order valence-corrected chi connectivity index (χ2v) is 7.18. The van der Waals surface area contributed by atoms with E-state index in [1.807, 2.05) is 29.3 Å². The van der Waals surface area contributed by atoms with Crippen molar-refractivity contribution in [3.63, 3.8) is 0 Å². The van der Waals surface area contributed by atoms with Crippen molar-refractivity contribution in [3.05, 3.63) is 59.2 Å². The Morgan fingerprint density at radius 2 is 1.85 bits per heavy atom. The summed E-state index contributed by atoms with van der Waals surface area (Å²) in [5, 5.41) is 1.88. The zero-order valence-corrected chi connectivity index (χ0v) is 15.2. The van der Waals surface area contributed by atoms with Crippen LogP contribution < -0.4 is 9.80 Å². The summed E-state index contributed by atoms with van der Waals surface area (Å²) in [5.74, 6) is 0.501. The quantitative estimate of drug-likeness (QED) is 0.673. The summed E-state index contributed by atoms with van der Waals surface area (Å²) in [6.07, 6.45) is -1.17. The second kappa shape index (κ2) is 6.75. The first-order chi connectivity index (χ1) is 13.0. The van der Waals surface area contributed by atoms with Gasteiger partial charge in [0.15, 0.2) is 0 Å². The van der Waals surface area contributed by atoms with E-state index in [0.29, 0.717) is 11.3 Å². The van der Waals surface area contributed by atoms with Crippen LogP contribution in [0.25, 0.3) is 0 Å². The topological polar surface area (TPSA) is 21.7 Å². The number of rotatable bonds is 4. The first kappa shape index (κ1) is 18.2. The van der Waals surface area contributed by atoms with Gasteiger partial charge in [0.25, 0.3) is 0 Å². The predicted molar refractivity (Wildman–Crippen MR) is 97.0 cm³/mol. The summed E-state index contributed by atoms with van der Waals surface area (Å²) < 4.78 is 45.6. The zero-order chi connectivity index (χ0) is 19.1. The van der Waals surface area contributed by atoms with E-state index >= 15 is 0 Å². The van der Waals surface area contributed by atoms with Crippen LogP contribution in [0.5, 0.6) is 5.75 Å². The molecule has 1 atom stereocenters. The Kier molecular flexibility index (Phi) is 4.54. The van der Waals surface area contributed by atoms with Crippen molar-refractivity contribution in [2.24, 2.45) is 0 Å². The van der Waals surface area contributed by atoms with Crippen LogP contribution in [0, 0.1) is 0 Å². The molecule has 3 nitrogen and oxygen atoms in total. The first-order valence-corrected chi connectivity index (χ1v) is 9.30. The van der Waals surface area contributed by atoms with Crippen molar-refractivity contribution in [3.8, 4) is 5.75 Å². The smallest absolute Gasteiger partial charge is 0.416 e. The van der Waals surface area contributed by atoms with E-state index in [0.717, 1.165) is 43.1 Å². The van der Waals surface area contributed by atoms with Crippen LogP contribution >= 0.6 is 0 Å². The molecule has 0 N–H and O–H groups in total. The largest absolute Gasteiger partial charge is 0.492 e. The van der Waals surface area contributed by atoms with E-state index in [1.165, 1.54) is 12.1 Å². The van der Waals surface area contributed by atoms with Gasteiger partial charge in [-0.3, -0.25) is 9.90 Å². The summed E-state index contributed by atoms with van der Waals surface area (Å²) in [5.41, 5.74) is 1.06. The summed E-state index contributed by atoms with van der Waals surface area (Å²) >= 11 is 0. The van der Waals surface area contributed by atoms with Gasteiger partial charge in [-0.25, -0.2) is 0 Å². The summed E-state index contributed by atoms with van der Waals surface area (Å²) in [6.45, 7) is 3.45. The molecule has 6 heteroatoms. The van der Waals surface area contributed by atoms with E-state index in [-0.39, 0.29) is 13.2 Å². The van der Waals surface area contributed by atoms with Gasteiger partial charge in [0.05, 0.1) is 23.3 Å². The molecule has 0 radical (unpaired) electrons. The number of alkyl halides is 3. The number of para-hydroxylation sites is 1. The molecule has 0 aromatic heterocycles. The molecule has 27 heavy (non-hydrogen) atoms. The highest BCUT2D eigenvalue weighted by atomic mass is 19.4. The molecule has 2 aromatic carbocycles. The normalized spacial score (nSPS) is 21.1. The zero-order valence-electron chi connectivity index (χ0n) is 15.2. The minimum Gasteiger partial charge on any atom is -0.492 e. The Balaban J connectivity index is 1.76. The lowest BCUT2D eigenvalue weighted by atomic mass is 9.75. The lowest BCUT2D eigenvalue weighted by Crippen LogP contribution is -2.45. The number of halogens is 3. The number of hydrogen-bond acceptors (Lipinski definition) is 3. The number of hydrogen-bond donors (Lipinski definition) is 0. The Labute approximate surface area is 156 Å². The highest BCUT2D eigenvalue weighted by Gasteiger charge is 2.48. The monoisotopic (exact) mass is 377 g/mol. The van der Waals surface area contributed by atoms with Crippen LogP contribution in [0.3, 0.4) is 0 Å². The van der Waals surface area contributed by atoms with Crippen LogP contribution in [0.2, 0.25) is 0 Å². The highest BCUT2D eigenvalue weighted by molar-refractivity contribution is 5.64. The van der Waals surface area contributed by atoms with E-state index in [9.17, 15) is 13.2 Å². The molecular formula is C21H22F3NO2. The SMILES string of the molecule is CCCCCN1OCC2(COc3ccc(C(F)(F)F)cc32)c2ccccc21. The lowest BCUT2D eigenvalue weighted by Gasteiger charge is -2.40. The fourth-order valence-corrected chi connectivity index (χ4v) is 3.95. The molecule has 0 amide bonds. The Hall–Kier alpha value is -2.21. The van der Waals surface area contributed by atoms with Crippen LogP contribution in [0.4, 0.5) is 18.9 Å². The predicted octanol–water partition coefficient (Wildman–Crippen LogP) is 5.33. The van der Waals surface area contributed by atoms with Crippen LogP contribution in [-0.4, -0.2) is 19.8 Å². The maximum Gasteiger partial charge on any atom is 0.416 e. The molecular weight excluding hydrogens is 355 g/mol. The molecule has 0 aliphatic carbocycles. The Morgan fingerprint density at radius 3 is 2.63 bits per heavy atom. The minimum atomic E-state index is -4.39. The van der Waals surface area contributed by atoms with E-state index < -0.39 is 17.2 Å². The number of anilines is 1. The summed E-state index contributed by atoms with van der Waals surface area (Å²) in [4.78, 5) is 6.04. The van der Waals surface area contributed by atoms with Crippen LogP contribution in [-0.2, 0) is 16.4 Å². The van der Waals surface area contributed by atoms with Gasteiger partial charge in [0.2, 0.25) is 0 Å². The fraction of sp³-hybridized carbons (Fsp3) is 0.429. The van der Waals surface area contributed by atoms with Gasteiger partial charge in [-0.2, -0.15) is 13.2 Å². The number of fused-ring (bicyclic) bond motifs is 4. The average molecular weight is 377 g/mol. The number of hydroxylamine groups is 1. The highest BCUT2D eigenvalue weighted by Crippen LogP contribution is 2.50. The van der Waals surface area contributed by atoms with Gasteiger partial charge in [-0.1, -0.05) is 38.0 Å². The van der Waals surface area contributed by atoms with Crippen molar-refractivity contribution in [2.45, 2.75) is 37.8 Å². The number of unbranched alkanes of at least 4 members (excludes halogenated alkanes) is 2. The van der Waals surface area contributed by atoms with Crippen LogP contribution in [0.1, 0.15) is 42.9 Å². The van der Waals surface area contributed by atoms with Gasteiger partial charge in [-0.05, 0) is 36.2 Å². The van der Waals surface area contributed by atoms with E-state index in [4.69, 9.17) is 9.57 Å². The molecule has 2 heterocycles.